The fourth-order valence-corrected chi connectivity index (χ4v) is 2.68. The summed E-state index contributed by atoms with van der Waals surface area (Å²) < 4.78 is 5.60. The van der Waals surface area contributed by atoms with Crippen molar-refractivity contribution in [1.82, 2.24) is 5.32 Å². The molecule has 1 heterocycles. The van der Waals surface area contributed by atoms with Crippen LogP contribution in [-0.2, 0) is 11.2 Å². The first-order valence-electron chi connectivity index (χ1n) is 8.09. The number of benzene rings is 2. The van der Waals surface area contributed by atoms with Gasteiger partial charge in [0.05, 0.1) is 17.7 Å². The van der Waals surface area contributed by atoms with E-state index in [9.17, 15) is 9.90 Å². The Hall–Kier alpha value is -2.59. The Kier molecular flexibility index (Phi) is 4.96. The van der Waals surface area contributed by atoms with Gasteiger partial charge in [-0.3, -0.25) is 4.79 Å². The maximum atomic E-state index is 12.4. The Morgan fingerprint density at radius 3 is 2.67 bits per heavy atom. The third-order valence-corrected chi connectivity index (χ3v) is 4.15. The molecule has 1 aliphatic rings. The lowest BCUT2D eigenvalue weighted by atomic mass is 10.0. The van der Waals surface area contributed by atoms with Gasteiger partial charge in [0.1, 0.15) is 12.4 Å². The molecule has 1 aliphatic heterocycles. The molecule has 0 radical (unpaired) electrons. The Morgan fingerprint density at radius 1 is 1.17 bits per heavy atom. The minimum atomic E-state index is -0.645. The average Bonchev–Trinajstić information content (AvgIpc) is 2.62. The predicted octanol–water partition coefficient (Wildman–Crippen LogP) is 2.57. The summed E-state index contributed by atoms with van der Waals surface area (Å²) in [5, 5.41) is 13.2. The van der Waals surface area contributed by atoms with Crippen molar-refractivity contribution in [3.8, 4) is 5.75 Å². The van der Waals surface area contributed by atoms with Crippen LogP contribution in [0, 0.1) is 0 Å². The maximum absolute atomic E-state index is 12.4. The highest BCUT2D eigenvalue weighted by Crippen LogP contribution is 2.25. The maximum Gasteiger partial charge on any atom is 0.250 e. The number of fused-ring (bicyclic) bond motifs is 1. The van der Waals surface area contributed by atoms with Crippen LogP contribution in [0.2, 0.25) is 0 Å². The molecule has 24 heavy (non-hydrogen) atoms. The zero-order chi connectivity index (χ0) is 16.9. The first kappa shape index (κ1) is 16.3. The third-order valence-electron chi connectivity index (χ3n) is 4.15. The van der Waals surface area contributed by atoms with Gasteiger partial charge in [-0.25, -0.2) is 0 Å². The van der Waals surface area contributed by atoms with Crippen LogP contribution in [0.4, 0.5) is 0 Å². The summed E-state index contributed by atoms with van der Waals surface area (Å²) >= 11 is 0. The van der Waals surface area contributed by atoms with E-state index in [2.05, 4.69) is 5.32 Å². The lowest BCUT2D eigenvalue weighted by molar-refractivity contribution is -0.119. The third kappa shape index (κ3) is 3.84. The molecule has 2 aromatic rings. The molecule has 0 fully saturated rings. The van der Waals surface area contributed by atoms with Gasteiger partial charge in [0.2, 0.25) is 0 Å². The van der Waals surface area contributed by atoms with E-state index in [1.807, 2.05) is 67.6 Å². The second kappa shape index (κ2) is 7.32. The van der Waals surface area contributed by atoms with E-state index >= 15 is 0 Å². The molecule has 3 rings (SSSR count). The van der Waals surface area contributed by atoms with E-state index in [4.69, 9.17) is 4.74 Å². The molecule has 2 unspecified atom stereocenters. The zero-order valence-corrected chi connectivity index (χ0v) is 13.6. The normalized spacial score (nSPS) is 15.5. The largest absolute Gasteiger partial charge is 0.488 e. The molecular formula is C20H21NO3. The highest BCUT2D eigenvalue weighted by molar-refractivity contribution is 5.99. The molecule has 0 bridgehead atoms. The first-order valence-corrected chi connectivity index (χ1v) is 8.09. The van der Waals surface area contributed by atoms with E-state index < -0.39 is 6.10 Å². The summed E-state index contributed by atoms with van der Waals surface area (Å²) in [6, 6.07) is 17.0. The minimum absolute atomic E-state index is 0.205. The molecule has 2 aromatic carbocycles. The van der Waals surface area contributed by atoms with Crippen LogP contribution < -0.4 is 10.1 Å². The highest BCUT2D eigenvalue weighted by Gasteiger charge is 2.21. The summed E-state index contributed by atoms with van der Waals surface area (Å²) in [4.78, 5) is 12.4. The van der Waals surface area contributed by atoms with Gasteiger partial charge in [-0.1, -0.05) is 48.5 Å². The Balaban J connectivity index is 1.61. The molecule has 0 saturated heterocycles. The lowest BCUT2D eigenvalue weighted by Crippen LogP contribution is -2.43. The van der Waals surface area contributed by atoms with Crippen molar-refractivity contribution in [2.24, 2.45) is 0 Å². The number of ether oxygens (including phenoxy) is 1. The average molecular weight is 323 g/mol. The Morgan fingerprint density at radius 2 is 1.88 bits per heavy atom. The number of carbonyl (C=O) groups excluding carboxylic acids is 1. The van der Waals surface area contributed by atoms with Crippen molar-refractivity contribution in [1.29, 1.82) is 0 Å². The van der Waals surface area contributed by atoms with E-state index in [1.54, 1.807) is 0 Å². The van der Waals surface area contributed by atoms with Gasteiger partial charge in [-0.15, -0.1) is 0 Å². The number of rotatable bonds is 5. The SMILES string of the molecule is CC(NC(=O)C1=Cc2ccccc2OC1)C(O)Cc1ccccc1. The van der Waals surface area contributed by atoms with Crippen LogP contribution in [-0.4, -0.2) is 29.8 Å². The molecule has 1 amide bonds. The summed E-state index contributed by atoms with van der Waals surface area (Å²) in [6.45, 7) is 2.05. The van der Waals surface area contributed by atoms with Crippen molar-refractivity contribution in [3.05, 3.63) is 71.3 Å². The molecular weight excluding hydrogens is 302 g/mol. The Bertz CT molecular complexity index is 740. The molecule has 124 valence electrons. The van der Waals surface area contributed by atoms with Gasteiger partial charge in [-0.2, -0.15) is 0 Å². The lowest BCUT2D eigenvalue weighted by Gasteiger charge is -2.23. The van der Waals surface area contributed by atoms with Gasteiger partial charge in [0.15, 0.2) is 0 Å². The second-order valence-electron chi connectivity index (χ2n) is 6.02. The predicted molar refractivity (Wildman–Crippen MR) is 93.7 cm³/mol. The van der Waals surface area contributed by atoms with Gasteiger partial charge >= 0.3 is 0 Å². The van der Waals surface area contributed by atoms with Crippen LogP contribution in [0.25, 0.3) is 6.08 Å². The molecule has 0 aromatic heterocycles. The first-order chi connectivity index (χ1) is 11.6. The van der Waals surface area contributed by atoms with Gasteiger partial charge in [0, 0.05) is 12.0 Å². The standard InChI is InChI=1S/C20H21NO3/c1-14(18(22)11-15-7-3-2-4-8-15)21-20(23)17-12-16-9-5-6-10-19(16)24-13-17/h2-10,12,14,18,22H,11,13H2,1H3,(H,21,23). The van der Waals surface area contributed by atoms with E-state index in [0.29, 0.717) is 12.0 Å². The molecule has 2 N–H and O–H groups in total. The molecule has 0 saturated carbocycles. The van der Waals surface area contributed by atoms with Crippen molar-refractivity contribution in [3.63, 3.8) is 0 Å². The number of hydrogen-bond donors (Lipinski definition) is 2. The fraction of sp³-hybridized carbons (Fsp3) is 0.250. The molecule has 4 heteroatoms. The number of amides is 1. The highest BCUT2D eigenvalue weighted by atomic mass is 16.5. The number of carbonyl (C=O) groups is 1. The van der Waals surface area contributed by atoms with Crippen LogP contribution in [0.3, 0.4) is 0 Å². The monoisotopic (exact) mass is 323 g/mol. The van der Waals surface area contributed by atoms with E-state index in [-0.39, 0.29) is 18.6 Å². The van der Waals surface area contributed by atoms with Crippen LogP contribution >= 0.6 is 0 Å². The number of aliphatic hydroxyl groups excluding tert-OH is 1. The second-order valence-corrected chi connectivity index (χ2v) is 6.02. The van der Waals surface area contributed by atoms with Gasteiger partial charge in [-0.05, 0) is 24.6 Å². The summed E-state index contributed by atoms with van der Waals surface area (Å²) in [5.74, 6) is 0.579. The molecule has 2 atom stereocenters. The minimum Gasteiger partial charge on any atom is -0.488 e. The number of aliphatic hydroxyl groups is 1. The summed E-state index contributed by atoms with van der Waals surface area (Å²) in [7, 11) is 0. The molecule has 0 spiro atoms. The smallest absolute Gasteiger partial charge is 0.250 e. The molecule has 0 aliphatic carbocycles. The van der Waals surface area contributed by atoms with Crippen molar-refractivity contribution >= 4 is 12.0 Å². The summed E-state index contributed by atoms with van der Waals surface area (Å²) in [5.41, 5.74) is 2.50. The van der Waals surface area contributed by atoms with Crippen molar-refractivity contribution in [2.45, 2.75) is 25.5 Å². The van der Waals surface area contributed by atoms with Crippen molar-refractivity contribution in [2.75, 3.05) is 6.61 Å². The van der Waals surface area contributed by atoms with Crippen LogP contribution in [0.5, 0.6) is 5.75 Å². The number of nitrogens with one attached hydrogen (secondary N) is 1. The van der Waals surface area contributed by atoms with Crippen molar-refractivity contribution < 1.29 is 14.6 Å². The number of para-hydroxylation sites is 1. The number of hydrogen-bond acceptors (Lipinski definition) is 3. The van der Waals surface area contributed by atoms with E-state index in [1.165, 1.54) is 0 Å². The quantitative estimate of drug-likeness (QED) is 0.889. The zero-order valence-electron chi connectivity index (χ0n) is 13.6. The van der Waals surface area contributed by atoms with E-state index in [0.717, 1.165) is 16.9 Å². The molecule has 4 nitrogen and oxygen atoms in total. The van der Waals surface area contributed by atoms with Crippen LogP contribution in [0.1, 0.15) is 18.1 Å². The topological polar surface area (TPSA) is 58.6 Å². The Labute approximate surface area is 141 Å². The van der Waals surface area contributed by atoms with Crippen LogP contribution in [0.15, 0.2) is 60.2 Å². The fourth-order valence-electron chi connectivity index (χ4n) is 2.68. The van der Waals surface area contributed by atoms with Gasteiger partial charge < -0.3 is 15.2 Å². The summed E-state index contributed by atoms with van der Waals surface area (Å²) in [6.07, 6.45) is 1.69. The van der Waals surface area contributed by atoms with Gasteiger partial charge in [0.25, 0.3) is 5.91 Å².